The van der Waals surface area contributed by atoms with Crippen molar-refractivity contribution in [1.82, 2.24) is 0 Å². The first kappa shape index (κ1) is 18.6. The van der Waals surface area contributed by atoms with E-state index >= 15 is 0 Å². The predicted octanol–water partition coefficient (Wildman–Crippen LogP) is 2.31. The number of aliphatic hydroxyl groups excluding tert-OH is 3. The minimum atomic E-state index is -1.38. The molecule has 0 amide bonds. The maximum atomic E-state index is 11.3. The third kappa shape index (κ3) is 3.07. The summed E-state index contributed by atoms with van der Waals surface area (Å²) < 4.78 is 4.69. The molecule has 0 saturated heterocycles. The van der Waals surface area contributed by atoms with Crippen molar-refractivity contribution in [3.63, 3.8) is 0 Å². The van der Waals surface area contributed by atoms with Crippen molar-refractivity contribution in [2.45, 2.75) is 71.4 Å². The van der Waals surface area contributed by atoms with Gasteiger partial charge in [-0.1, -0.05) is 33.8 Å². The monoisotopic (exact) mass is 350 g/mol. The number of carbonyl (C=O) groups is 1. The van der Waals surface area contributed by atoms with Crippen molar-refractivity contribution in [3.05, 3.63) is 23.8 Å². The number of aliphatic hydroxyl groups is 3. The highest BCUT2D eigenvalue weighted by Gasteiger charge is 2.55. The van der Waals surface area contributed by atoms with Crippen LogP contribution in [0.4, 0.5) is 0 Å². The fourth-order valence-electron chi connectivity index (χ4n) is 5.66. The van der Waals surface area contributed by atoms with Crippen LogP contribution < -0.4 is 0 Å². The van der Waals surface area contributed by atoms with Gasteiger partial charge in [-0.25, -0.2) is 4.79 Å². The predicted molar refractivity (Wildman–Crippen MR) is 93.3 cm³/mol. The highest BCUT2D eigenvalue weighted by molar-refractivity contribution is 5.85. The Hall–Kier alpha value is -1.17. The molecule has 1 heterocycles. The van der Waals surface area contributed by atoms with Gasteiger partial charge in [0.15, 0.2) is 0 Å². The van der Waals surface area contributed by atoms with E-state index in [1.54, 1.807) is 0 Å². The molecule has 1 unspecified atom stereocenters. The van der Waals surface area contributed by atoms with Crippen LogP contribution in [0.3, 0.4) is 0 Å². The number of rotatable bonds is 3. The summed E-state index contributed by atoms with van der Waals surface area (Å²) >= 11 is 0. The van der Waals surface area contributed by atoms with Gasteiger partial charge in [0.2, 0.25) is 6.29 Å². The van der Waals surface area contributed by atoms with E-state index in [9.17, 15) is 20.1 Å². The van der Waals surface area contributed by atoms with Crippen LogP contribution in [-0.4, -0.2) is 39.8 Å². The molecule has 6 atom stereocenters. The Morgan fingerprint density at radius 2 is 2.00 bits per heavy atom. The highest BCUT2D eigenvalue weighted by atomic mass is 16.6. The number of hydrogen-bond acceptors (Lipinski definition) is 5. The van der Waals surface area contributed by atoms with Crippen LogP contribution in [0.2, 0.25) is 0 Å². The van der Waals surface area contributed by atoms with E-state index in [2.05, 4.69) is 32.1 Å². The first-order valence-electron chi connectivity index (χ1n) is 9.21. The SMILES string of the molecule is C=C1[C@H](O)C[C@H]2C(C)(C)CCC[C@]2(C)[C@H]1C[C@H](O)C1=CC(=O)OC1O. The second-order valence-electron chi connectivity index (χ2n) is 8.96. The second-order valence-corrected chi connectivity index (χ2v) is 8.96. The molecule has 2 fully saturated rings. The molecule has 140 valence electrons. The molecule has 3 aliphatic rings. The summed E-state index contributed by atoms with van der Waals surface area (Å²) in [4.78, 5) is 11.3. The number of hydrogen-bond donors (Lipinski definition) is 3. The van der Waals surface area contributed by atoms with Crippen LogP contribution in [0.1, 0.15) is 52.9 Å². The summed E-state index contributed by atoms with van der Waals surface area (Å²) in [6.45, 7) is 10.9. The van der Waals surface area contributed by atoms with Crippen molar-refractivity contribution in [3.8, 4) is 0 Å². The first-order chi connectivity index (χ1) is 11.6. The molecular weight excluding hydrogens is 320 g/mol. The molecule has 0 radical (unpaired) electrons. The average Bonchev–Trinajstić information content (AvgIpc) is 2.85. The fourth-order valence-corrected chi connectivity index (χ4v) is 5.66. The second kappa shape index (κ2) is 6.22. The van der Waals surface area contributed by atoms with Crippen LogP contribution >= 0.6 is 0 Å². The van der Waals surface area contributed by atoms with Crippen molar-refractivity contribution in [2.75, 3.05) is 0 Å². The standard InChI is InChI=1S/C20H30O5/c1-11-13(9-15(22)12-8-17(23)25-18(12)24)20(4)7-5-6-19(2,3)16(20)10-14(11)21/h8,13-16,18,21-22,24H,1,5-7,9-10H2,2-4H3/t13-,14+,15-,16-,18?,20+/m0/s1. The lowest BCUT2D eigenvalue weighted by Gasteiger charge is -2.59. The molecule has 0 spiro atoms. The Morgan fingerprint density at radius 3 is 2.60 bits per heavy atom. The van der Waals surface area contributed by atoms with Gasteiger partial charge in [-0.2, -0.15) is 0 Å². The van der Waals surface area contributed by atoms with Gasteiger partial charge in [0.25, 0.3) is 0 Å². The summed E-state index contributed by atoms with van der Waals surface area (Å²) in [5, 5.41) is 31.0. The summed E-state index contributed by atoms with van der Waals surface area (Å²) in [7, 11) is 0. The summed E-state index contributed by atoms with van der Waals surface area (Å²) in [6, 6.07) is 0. The highest BCUT2D eigenvalue weighted by Crippen LogP contribution is 2.61. The lowest BCUT2D eigenvalue weighted by atomic mass is 9.46. The van der Waals surface area contributed by atoms with Crippen molar-refractivity contribution in [2.24, 2.45) is 22.7 Å². The van der Waals surface area contributed by atoms with Gasteiger partial charge < -0.3 is 20.1 Å². The largest absolute Gasteiger partial charge is 0.429 e. The van der Waals surface area contributed by atoms with E-state index in [1.807, 2.05) is 0 Å². The zero-order chi connectivity index (χ0) is 18.6. The molecule has 1 aliphatic heterocycles. The van der Waals surface area contributed by atoms with Crippen molar-refractivity contribution < 1.29 is 24.9 Å². The summed E-state index contributed by atoms with van der Waals surface area (Å²) in [5.74, 6) is -0.363. The molecule has 0 bridgehead atoms. The Kier molecular flexibility index (Phi) is 4.63. The van der Waals surface area contributed by atoms with Crippen LogP contribution in [0.15, 0.2) is 23.8 Å². The lowest BCUT2D eigenvalue weighted by molar-refractivity contribution is -0.152. The number of ether oxygens (including phenoxy) is 1. The molecule has 3 N–H and O–H groups in total. The van der Waals surface area contributed by atoms with E-state index < -0.39 is 24.5 Å². The molecule has 0 aromatic heterocycles. The smallest absolute Gasteiger partial charge is 0.333 e. The molecule has 3 rings (SSSR count). The fraction of sp³-hybridized carbons (Fsp3) is 0.750. The van der Waals surface area contributed by atoms with Crippen LogP contribution in [0.25, 0.3) is 0 Å². The number of fused-ring (bicyclic) bond motifs is 1. The van der Waals surface area contributed by atoms with Gasteiger partial charge in [0.05, 0.1) is 12.2 Å². The third-order valence-corrected chi connectivity index (χ3v) is 7.05. The summed E-state index contributed by atoms with van der Waals surface area (Å²) in [5.41, 5.74) is 1.03. The molecule has 2 saturated carbocycles. The lowest BCUT2D eigenvalue weighted by Crippen LogP contribution is -2.53. The van der Waals surface area contributed by atoms with Gasteiger partial charge in [0.1, 0.15) is 0 Å². The van der Waals surface area contributed by atoms with E-state index in [1.165, 1.54) is 6.08 Å². The third-order valence-electron chi connectivity index (χ3n) is 7.05. The Bertz CT molecular complexity index is 607. The van der Waals surface area contributed by atoms with Crippen molar-refractivity contribution >= 4 is 5.97 Å². The molecule has 0 aromatic rings. The number of carbonyl (C=O) groups excluding carboxylic acids is 1. The maximum Gasteiger partial charge on any atom is 0.333 e. The average molecular weight is 350 g/mol. The van der Waals surface area contributed by atoms with Crippen LogP contribution in [0, 0.1) is 22.7 Å². The van der Waals surface area contributed by atoms with Gasteiger partial charge in [0, 0.05) is 11.6 Å². The quantitative estimate of drug-likeness (QED) is 0.537. The molecule has 5 nitrogen and oxygen atoms in total. The first-order valence-corrected chi connectivity index (χ1v) is 9.21. The minimum Gasteiger partial charge on any atom is -0.429 e. The van der Waals surface area contributed by atoms with Gasteiger partial charge in [-0.3, -0.25) is 0 Å². The van der Waals surface area contributed by atoms with Gasteiger partial charge in [-0.15, -0.1) is 0 Å². The van der Waals surface area contributed by atoms with E-state index in [-0.39, 0.29) is 22.3 Å². The normalized spacial score (nSPS) is 41.8. The molecule has 5 heteroatoms. The molecular formula is C20H30O5. The molecule has 2 aliphatic carbocycles. The van der Waals surface area contributed by atoms with Crippen LogP contribution in [0.5, 0.6) is 0 Å². The van der Waals surface area contributed by atoms with E-state index in [0.717, 1.165) is 24.8 Å². The minimum absolute atomic E-state index is 0.0615. The zero-order valence-electron chi connectivity index (χ0n) is 15.4. The Balaban J connectivity index is 1.88. The van der Waals surface area contributed by atoms with Crippen LogP contribution in [-0.2, 0) is 9.53 Å². The summed E-state index contributed by atoms with van der Waals surface area (Å²) in [6.07, 6.45) is 2.54. The topological polar surface area (TPSA) is 87.0 Å². The van der Waals surface area contributed by atoms with Gasteiger partial charge >= 0.3 is 5.97 Å². The van der Waals surface area contributed by atoms with Gasteiger partial charge in [-0.05, 0) is 53.9 Å². The Labute approximate surface area is 149 Å². The van der Waals surface area contributed by atoms with E-state index in [0.29, 0.717) is 18.8 Å². The zero-order valence-corrected chi connectivity index (χ0v) is 15.4. The number of esters is 1. The maximum absolute atomic E-state index is 11.3. The Morgan fingerprint density at radius 1 is 1.32 bits per heavy atom. The van der Waals surface area contributed by atoms with Crippen molar-refractivity contribution in [1.29, 1.82) is 0 Å². The number of cyclic esters (lactones) is 1. The molecule has 0 aromatic carbocycles. The van der Waals surface area contributed by atoms with E-state index in [4.69, 9.17) is 0 Å². The molecule has 25 heavy (non-hydrogen) atoms.